The van der Waals surface area contributed by atoms with Crippen LogP contribution in [0, 0.1) is 16.7 Å². The zero-order valence-corrected chi connectivity index (χ0v) is 9.61. The lowest BCUT2D eigenvalue weighted by Crippen LogP contribution is -2.13. The van der Waals surface area contributed by atoms with Crippen LogP contribution < -0.4 is 5.32 Å². The van der Waals surface area contributed by atoms with Crippen LogP contribution in [0.3, 0.4) is 0 Å². The predicted molar refractivity (Wildman–Crippen MR) is 69.7 cm³/mol. The highest BCUT2D eigenvalue weighted by Gasteiger charge is 2.42. The van der Waals surface area contributed by atoms with Crippen molar-refractivity contribution >= 4 is 16.5 Å². The van der Waals surface area contributed by atoms with E-state index >= 15 is 0 Å². The number of nitriles is 1. The monoisotopic (exact) mass is 222 g/mol. The van der Waals surface area contributed by atoms with E-state index in [2.05, 4.69) is 41.7 Å². The van der Waals surface area contributed by atoms with Crippen molar-refractivity contribution in [2.75, 3.05) is 11.9 Å². The molecule has 0 aliphatic heterocycles. The van der Waals surface area contributed by atoms with E-state index in [0.29, 0.717) is 0 Å². The molecule has 2 nitrogen and oxygen atoms in total. The number of hydrogen-bond acceptors (Lipinski definition) is 2. The third-order valence-corrected chi connectivity index (χ3v) is 3.47. The second kappa shape index (κ2) is 3.78. The van der Waals surface area contributed by atoms with Gasteiger partial charge in [0.1, 0.15) is 0 Å². The van der Waals surface area contributed by atoms with Crippen LogP contribution in [0.15, 0.2) is 42.5 Å². The molecule has 17 heavy (non-hydrogen) atoms. The van der Waals surface area contributed by atoms with Crippen LogP contribution >= 0.6 is 0 Å². The smallest absolute Gasteiger partial charge is 0.0747 e. The molecule has 0 bridgehead atoms. The molecule has 2 aromatic carbocycles. The Bertz CT molecular complexity index is 591. The van der Waals surface area contributed by atoms with Crippen LogP contribution in [0.4, 0.5) is 5.69 Å². The van der Waals surface area contributed by atoms with Crippen molar-refractivity contribution in [3.8, 4) is 6.07 Å². The molecule has 1 saturated carbocycles. The average molecular weight is 222 g/mol. The van der Waals surface area contributed by atoms with Crippen molar-refractivity contribution in [2.45, 2.75) is 12.8 Å². The van der Waals surface area contributed by atoms with Crippen LogP contribution in [-0.2, 0) is 0 Å². The van der Waals surface area contributed by atoms with Gasteiger partial charge in [-0.2, -0.15) is 5.26 Å². The van der Waals surface area contributed by atoms with Crippen LogP contribution in [-0.4, -0.2) is 6.54 Å². The predicted octanol–water partition coefficient (Wildman–Crippen LogP) is 3.56. The summed E-state index contributed by atoms with van der Waals surface area (Å²) in [5.41, 5.74) is 1.01. The van der Waals surface area contributed by atoms with Crippen molar-refractivity contribution in [1.82, 2.24) is 0 Å². The van der Waals surface area contributed by atoms with Crippen molar-refractivity contribution in [2.24, 2.45) is 5.41 Å². The molecular weight excluding hydrogens is 208 g/mol. The van der Waals surface area contributed by atoms with E-state index < -0.39 is 0 Å². The summed E-state index contributed by atoms with van der Waals surface area (Å²) in [5, 5.41) is 14.9. The second-order valence-electron chi connectivity index (χ2n) is 4.81. The fourth-order valence-corrected chi connectivity index (χ4v) is 2.05. The van der Waals surface area contributed by atoms with Gasteiger partial charge in [0.15, 0.2) is 0 Å². The Balaban J connectivity index is 1.80. The Morgan fingerprint density at radius 2 is 1.88 bits per heavy atom. The minimum Gasteiger partial charge on any atom is -0.383 e. The first kappa shape index (κ1) is 10.2. The van der Waals surface area contributed by atoms with Gasteiger partial charge in [0.05, 0.1) is 11.5 Å². The fourth-order valence-electron chi connectivity index (χ4n) is 2.05. The molecule has 0 heterocycles. The molecular formula is C15H14N2. The van der Waals surface area contributed by atoms with Crippen molar-refractivity contribution in [3.05, 3.63) is 42.5 Å². The molecule has 2 aromatic rings. The van der Waals surface area contributed by atoms with Gasteiger partial charge in [0.25, 0.3) is 0 Å². The van der Waals surface area contributed by atoms with Crippen LogP contribution in [0.25, 0.3) is 10.8 Å². The summed E-state index contributed by atoms with van der Waals surface area (Å²) in [4.78, 5) is 0. The highest BCUT2D eigenvalue weighted by molar-refractivity contribution is 5.85. The van der Waals surface area contributed by atoms with E-state index in [-0.39, 0.29) is 5.41 Å². The lowest BCUT2D eigenvalue weighted by molar-refractivity contribution is 0.711. The van der Waals surface area contributed by atoms with E-state index in [1.54, 1.807) is 0 Å². The van der Waals surface area contributed by atoms with Crippen molar-refractivity contribution < 1.29 is 0 Å². The Hall–Kier alpha value is -2.01. The van der Waals surface area contributed by atoms with Crippen LogP contribution in [0.1, 0.15) is 12.8 Å². The molecule has 1 aliphatic rings. The molecule has 0 atom stereocenters. The number of hydrogen-bond donors (Lipinski definition) is 1. The summed E-state index contributed by atoms with van der Waals surface area (Å²) in [5.74, 6) is 0. The average Bonchev–Trinajstić information content (AvgIpc) is 3.17. The number of nitrogens with zero attached hydrogens (tertiary/aromatic N) is 1. The first-order valence-electron chi connectivity index (χ1n) is 5.95. The van der Waals surface area contributed by atoms with Gasteiger partial charge in [-0.05, 0) is 35.7 Å². The highest BCUT2D eigenvalue weighted by atomic mass is 14.9. The molecule has 1 fully saturated rings. The maximum absolute atomic E-state index is 9.02. The van der Waals surface area contributed by atoms with Gasteiger partial charge in [0.2, 0.25) is 0 Å². The van der Waals surface area contributed by atoms with E-state index in [0.717, 1.165) is 25.1 Å². The maximum Gasteiger partial charge on any atom is 0.0747 e. The van der Waals surface area contributed by atoms with Crippen LogP contribution in [0.2, 0.25) is 0 Å². The second-order valence-corrected chi connectivity index (χ2v) is 4.81. The third-order valence-electron chi connectivity index (χ3n) is 3.47. The molecule has 3 rings (SSSR count). The molecule has 0 aromatic heterocycles. The first-order chi connectivity index (χ1) is 8.31. The summed E-state index contributed by atoms with van der Waals surface area (Å²) < 4.78 is 0. The summed E-state index contributed by atoms with van der Waals surface area (Å²) in [6.45, 7) is 0.766. The summed E-state index contributed by atoms with van der Waals surface area (Å²) in [6.07, 6.45) is 2.06. The zero-order chi connectivity index (χ0) is 11.7. The van der Waals surface area contributed by atoms with Crippen LogP contribution in [0.5, 0.6) is 0 Å². The van der Waals surface area contributed by atoms with E-state index in [1.807, 2.05) is 12.1 Å². The van der Waals surface area contributed by atoms with E-state index in [9.17, 15) is 0 Å². The Morgan fingerprint density at radius 3 is 2.59 bits per heavy atom. The fraction of sp³-hybridized carbons (Fsp3) is 0.267. The molecule has 0 spiro atoms. The molecule has 1 N–H and O–H groups in total. The Kier molecular flexibility index (Phi) is 2.26. The summed E-state index contributed by atoms with van der Waals surface area (Å²) in [7, 11) is 0. The quantitative estimate of drug-likeness (QED) is 0.862. The normalized spacial score (nSPS) is 16.4. The molecule has 1 aliphatic carbocycles. The first-order valence-corrected chi connectivity index (χ1v) is 5.95. The number of nitrogens with one attached hydrogen (secondary N) is 1. The molecule has 2 heteroatoms. The minimum atomic E-state index is -0.0916. The zero-order valence-electron chi connectivity index (χ0n) is 9.61. The largest absolute Gasteiger partial charge is 0.383 e. The standard InChI is InChI=1S/C15H14N2/c16-10-15(7-8-15)11-17-14-6-5-12-3-1-2-4-13(12)9-14/h1-6,9,17H,7-8,11H2. The minimum absolute atomic E-state index is 0.0916. The van der Waals surface area contributed by atoms with Crippen molar-refractivity contribution in [1.29, 1.82) is 5.26 Å². The van der Waals surface area contributed by atoms with Gasteiger partial charge in [-0.1, -0.05) is 30.3 Å². The SMILES string of the molecule is N#CC1(CNc2ccc3ccccc3c2)CC1. The molecule has 0 saturated heterocycles. The van der Waals surface area contributed by atoms with Gasteiger partial charge >= 0.3 is 0 Å². The van der Waals surface area contributed by atoms with Gasteiger partial charge in [0, 0.05) is 12.2 Å². The maximum atomic E-state index is 9.02. The van der Waals surface area contributed by atoms with Crippen molar-refractivity contribution in [3.63, 3.8) is 0 Å². The topological polar surface area (TPSA) is 35.8 Å². The number of fused-ring (bicyclic) bond motifs is 1. The Morgan fingerprint density at radius 1 is 1.12 bits per heavy atom. The number of anilines is 1. The Labute approximate surface area is 101 Å². The van der Waals surface area contributed by atoms with Gasteiger partial charge in [-0.15, -0.1) is 0 Å². The molecule has 0 radical (unpaired) electrons. The summed E-state index contributed by atoms with van der Waals surface area (Å²) >= 11 is 0. The lowest BCUT2D eigenvalue weighted by atomic mass is 10.1. The van der Waals surface area contributed by atoms with E-state index in [1.165, 1.54) is 10.8 Å². The summed E-state index contributed by atoms with van der Waals surface area (Å²) in [6, 6.07) is 17.0. The van der Waals surface area contributed by atoms with Gasteiger partial charge in [-0.3, -0.25) is 0 Å². The number of rotatable bonds is 3. The molecule has 0 amide bonds. The van der Waals surface area contributed by atoms with Gasteiger partial charge < -0.3 is 5.32 Å². The molecule has 0 unspecified atom stereocenters. The molecule has 84 valence electrons. The highest BCUT2D eigenvalue weighted by Crippen LogP contribution is 2.44. The third kappa shape index (κ3) is 1.97. The van der Waals surface area contributed by atoms with E-state index in [4.69, 9.17) is 5.26 Å². The van der Waals surface area contributed by atoms with Gasteiger partial charge in [-0.25, -0.2) is 0 Å². The lowest BCUT2D eigenvalue weighted by Gasteiger charge is -2.10. The number of benzene rings is 2.